The molecule has 1 amide bonds. The number of carbonyl (C=O) groups is 1. The SMILES string of the molecule is CN(c1cccc(C(=O)Nc2cccnc2)c1)S(=O)(=O)c1ccccc1. The van der Waals surface area contributed by atoms with Crippen molar-refractivity contribution in [2.45, 2.75) is 4.90 Å². The summed E-state index contributed by atoms with van der Waals surface area (Å²) in [5.74, 6) is -0.342. The van der Waals surface area contributed by atoms with Crippen molar-refractivity contribution in [2.75, 3.05) is 16.7 Å². The average molecular weight is 367 g/mol. The molecule has 1 heterocycles. The van der Waals surface area contributed by atoms with Gasteiger partial charge in [-0.2, -0.15) is 0 Å². The van der Waals surface area contributed by atoms with E-state index in [-0.39, 0.29) is 10.8 Å². The van der Waals surface area contributed by atoms with Crippen LogP contribution in [0.15, 0.2) is 84.0 Å². The van der Waals surface area contributed by atoms with Gasteiger partial charge in [-0.1, -0.05) is 24.3 Å². The number of hydrogen-bond donors (Lipinski definition) is 1. The van der Waals surface area contributed by atoms with Gasteiger partial charge in [0.05, 0.1) is 22.5 Å². The van der Waals surface area contributed by atoms with Crippen LogP contribution in [0, 0.1) is 0 Å². The van der Waals surface area contributed by atoms with Gasteiger partial charge in [-0.25, -0.2) is 8.42 Å². The number of pyridine rings is 1. The van der Waals surface area contributed by atoms with Gasteiger partial charge in [-0.3, -0.25) is 14.1 Å². The third-order valence-electron chi connectivity index (χ3n) is 3.79. The Kier molecular flexibility index (Phi) is 4.99. The van der Waals surface area contributed by atoms with Crippen LogP contribution in [0.1, 0.15) is 10.4 Å². The minimum Gasteiger partial charge on any atom is -0.321 e. The lowest BCUT2D eigenvalue weighted by atomic mass is 10.2. The van der Waals surface area contributed by atoms with Crippen LogP contribution in [0.3, 0.4) is 0 Å². The summed E-state index contributed by atoms with van der Waals surface area (Å²) in [7, 11) is -2.24. The molecule has 0 fully saturated rings. The molecule has 0 unspecified atom stereocenters. The smallest absolute Gasteiger partial charge is 0.264 e. The van der Waals surface area contributed by atoms with Gasteiger partial charge in [0.25, 0.3) is 15.9 Å². The number of carbonyl (C=O) groups excluding carboxylic acids is 1. The third kappa shape index (κ3) is 3.73. The Morgan fingerprint density at radius 2 is 1.77 bits per heavy atom. The van der Waals surface area contributed by atoms with Crippen molar-refractivity contribution < 1.29 is 13.2 Å². The minimum atomic E-state index is -3.70. The fourth-order valence-electron chi connectivity index (χ4n) is 2.37. The maximum Gasteiger partial charge on any atom is 0.264 e. The first-order valence-corrected chi connectivity index (χ1v) is 9.28. The van der Waals surface area contributed by atoms with E-state index in [9.17, 15) is 13.2 Å². The Morgan fingerprint density at radius 3 is 2.46 bits per heavy atom. The second-order valence-electron chi connectivity index (χ2n) is 5.53. The van der Waals surface area contributed by atoms with Crippen molar-refractivity contribution in [1.82, 2.24) is 4.98 Å². The molecule has 3 aromatic rings. The molecule has 1 aromatic heterocycles. The molecular formula is C19H17N3O3S. The van der Waals surface area contributed by atoms with Crippen molar-refractivity contribution in [3.05, 3.63) is 84.7 Å². The third-order valence-corrected chi connectivity index (χ3v) is 5.59. The summed E-state index contributed by atoms with van der Waals surface area (Å²) in [4.78, 5) is 16.5. The molecule has 0 saturated carbocycles. The highest BCUT2D eigenvalue weighted by molar-refractivity contribution is 7.92. The van der Waals surface area contributed by atoms with E-state index in [2.05, 4.69) is 10.3 Å². The average Bonchev–Trinajstić information content (AvgIpc) is 2.69. The first-order chi connectivity index (χ1) is 12.5. The molecule has 0 aliphatic heterocycles. The van der Waals surface area contributed by atoms with Crippen molar-refractivity contribution in [2.24, 2.45) is 0 Å². The summed E-state index contributed by atoms with van der Waals surface area (Å²) in [6.07, 6.45) is 3.15. The van der Waals surface area contributed by atoms with Crippen molar-refractivity contribution in [1.29, 1.82) is 0 Å². The Hall–Kier alpha value is -3.19. The zero-order valence-corrected chi connectivity index (χ0v) is 14.8. The van der Waals surface area contributed by atoms with Crippen LogP contribution in [0.5, 0.6) is 0 Å². The Balaban J connectivity index is 1.86. The molecule has 6 nitrogen and oxygen atoms in total. The van der Waals surface area contributed by atoms with E-state index in [1.54, 1.807) is 54.7 Å². The van der Waals surface area contributed by atoms with E-state index in [1.165, 1.54) is 31.4 Å². The number of benzene rings is 2. The number of amides is 1. The molecule has 0 aliphatic carbocycles. The Bertz CT molecular complexity index is 1010. The topological polar surface area (TPSA) is 79.4 Å². The van der Waals surface area contributed by atoms with Crippen LogP contribution in [-0.4, -0.2) is 26.4 Å². The van der Waals surface area contributed by atoms with E-state index in [0.29, 0.717) is 16.9 Å². The van der Waals surface area contributed by atoms with E-state index in [4.69, 9.17) is 0 Å². The number of nitrogens with zero attached hydrogens (tertiary/aromatic N) is 2. The summed E-state index contributed by atoms with van der Waals surface area (Å²) >= 11 is 0. The van der Waals surface area contributed by atoms with Crippen LogP contribution in [0.2, 0.25) is 0 Å². The predicted molar refractivity (Wildman–Crippen MR) is 101 cm³/mol. The number of sulfonamides is 1. The molecule has 0 atom stereocenters. The van der Waals surface area contributed by atoms with Crippen LogP contribution in [0.25, 0.3) is 0 Å². The molecule has 0 spiro atoms. The maximum atomic E-state index is 12.7. The highest BCUT2D eigenvalue weighted by Gasteiger charge is 2.21. The van der Waals surface area contributed by atoms with Crippen molar-refractivity contribution in [3.63, 3.8) is 0 Å². The molecule has 0 saturated heterocycles. The summed E-state index contributed by atoms with van der Waals surface area (Å²) < 4.78 is 26.6. The molecule has 0 bridgehead atoms. The first-order valence-electron chi connectivity index (χ1n) is 7.84. The van der Waals surface area contributed by atoms with Gasteiger partial charge < -0.3 is 5.32 Å². The lowest BCUT2D eigenvalue weighted by Crippen LogP contribution is -2.26. The van der Waals surface area contributed by atoms with Gasteiger partial charge in [0.1, 0.15) is 0 Å². The number of rotatable bonds is 5. The van der Waals surface area contributed by atoms with Gasteiger partial charge in [0, 0.05) is 18.8 Å². The Labute approximate surface area is 152 Å². The second kappa shape index (κ2) is 7.37. The van der Waals surface area contributed by atoms with E-state index in [1.807, 2.05) is 0 Å². The van der Waals surface area contributed by atoms with Gasteiger partial charge in [0.15, 0.2) is 0 Å². The van der Waals surface area contributed by atoms with E-state index < -0.39 is 10.0 Å². The minimum absolute atomic E-state index is 0.188. The van der Waals surface area contributed by atoms with Gasteiger partial charge in [-0.15, -0.1) is 0 Å². The number of nitrogens with one attached hydrogen (secondary N) is 1. The van der Waals surface area contributed by atoms with Crippen molar-refractivity contribution >= 4 is 27.3 Å². The largest absolute Gasteiger partial charge is 0.321 e. The highest BCUT2D eigenvalue weighted by atomic mass is 32.2. The summed E-state index contributed by atoms with van der Waals surface area (Å²) in [6, 6.07) is 18.0. The maximum absolute atomic E-state index is 12.7. The monoisotopic (exact) mass is 367 g/mol. The molecule has 132 valence electrons. The van der Waals surface area contributed by atoms with Crippen molar-refractivity contribution in [3.8, 4) is 0 Å². The zero-order valence-electron chi connectivity index (χ0n) is 14.0. The molecule has 0 radical (unpaired) electrons. The molecule has 7 heteroatoms. The lowest BCUT2D eigenvalue weighted by molar-refractivity contribution is 0.102. The predicted octanol–water partition coefficient (Wildman–Crippen LogP) is 3.16. The van der Waals surface area contributed by atoms with Crippen LogP contribution in [-0.2, 0) is 10.0 Å². The van der Waals surface area contributed by atoms with Gasteiger partial charge in [-0.05, 0) is 42.5 Å². The first kappa shape index (κ1) is 17.6. The summed E-state index contributed by atoms with van der Waals surface area (Å²) in [5.41, 5.74) is 1.31. The fourth-order valence-corrected chi connectivity index (χ4v) is 3.58. The standard InChI is InChI=1S/C19H17N3O3S/c1-22(26(24,25)18-10-3-2-4-11-18)17-9-5-7-15(13-17)19(23)21-16-8-6-12-20-14-16/h2-14H,1H3,(H,21,23). The quantitative estimate of drug-likeness (QED) is 0.751. The number of aromatic nitrogens is 1. The van der Waals surface area contributed by atoms with Gasteiger partial charge in [0.2, 0.25) is 0 Å². The number of anilines is 2. The summed E-state index contributed by atoms with van der Waals surface area (Å²) in [6.45, 7) is 0. The van der Waals surface area contributed by atoms with Crippen LogP contribution in [0.4, 0.5) is 11.4 Å². The van der Waals surface area contributed by atoms with Crippen LogP contribution < -0.4 is 9.62 Å². The Morgan fingerprint density at radius 1 is 1.00 bits per heavy atom. The fraction of sp³-hybridized carbons (Fsp3) is 0.0526. The number of hydrogen-bond acceptors (Lipinski definition) is 4. The molecule has 1 N–H and O–H groups in total. The highest BCUT2D eigenvalue weighted by Crippen LogP contribution is 2.23. The van der Waals surface area contributed by atoms with Crippen LogP contribution >= 0.6 is 0 Å². The normalized spacial score (nSPS) is 11.0. The molecule has 3 rings (SSSR count). The zero-order chi connectivity index (χ0) is 18.6. The lowest BCUT2D eigenvalue weighted by Gasteiger charge is -2.20. The van der Waals surface area contributed by atoms with E-state index in [0.717, 1.165) is 4.31 Å². The van der Waals surface area contributed by atoms with E-state index >= 15 is 0 Å². The summed E-state index contributed by atoms with van der Waals surface area (Å²) in [5, 5.41) is 2.73. The molecule has 26 heavy (non-hydrogen) atoms. The molecule has 0 aliphatic rings. The second-order valence-corrected chi connectivity index (χ2v) is 7.50. The van der Waals surface area contributed by atoms with Gasteiger partial charge >= 0.3 is 0 Å². The molecule has 2 aromatic carbocycles. The molecular weight excluding hydrogens is 350 g/mol.